The Morgan fingerprint density at radius 1 is 1.33 bits per heavy atom. The molecule has 2 unspecified atom stereocenters. The lowest BCUT2D eigenvalue weighted by Crippen LogP contribution is -2.51. The van der Waals surface area contributed by atoms with Gasteiger partial charge in [0.25, 0.3) is 0 Å². The maximum atomic E-state index is 9.16. The summed E-state index contributed by atoms with van der Waals surface area (Å²) in [6.07, 6.45) is 5.32. The molecule has 2 aliphatic rings. The van der Waals surface area contributed by atoms with Gasteiger partial charge in [-0.2, -0.15) is 0 Å². The van der Waals surface area contributed by atoms with Crippen LogP contribution >= 0.6 is 0 Å². The van der Waals surface area contributed by atoms with Crippen LogP contribution < -0.4 is 5.32 Å². The first-order valence-corrected chi connectivity index (χ1v) is 6.44. The van der Waals surface area contributed by atoms with E-state index in [1.54, 1.807) is 0 Å². The van der Waals surface area contributed by atoms with Gasteiger partial charge >= 0.3 is 0 Å². The highest BCUT2D eigenvalue weighted by Gasteiger charge is 2.36. The highest BCUT2D eigenvalue weighted by atomic mass is 16.3. The lowest BCUT2D eigenvalue weighted by Gasteiger charge is -2.42. The number of aliphatic hydroxyl groups excluding tert-OH is 1. The zero-order valence-corrected chi connectivity index (χ0v) is 9.78. The second kappa shape index (κ2) is 5.28. The van der Waals surface area contributed by atoms with Crippen LogP contribution in [-0.4, -0.2) is 48.3 Å². The van der Waals surface area contributed by atoms with Crippen LogP contribution in [0.3, 0.4) is 0 Å². The first-order chi connectivity index (χ1) is 7.36. The molecule has 0 aromatic rings. The van der Waals surface area contributed by atoms with E-state index < -0.39 is 0 Å². The van der Waals surface area contributed by atoms with Crippen LogP contribution in [0.4, 0.5) is 0 Å². The molecule has 2 N–H and O–H groups in total. The van der Waals surface area contributed by atoms with E-state index in [-0.39, 0.29) is 0 Å². The third-order valence-electron chi connectivity index (χ3n) is 4.16. The van der Waals surface area contributed by atoms with Gasteiger partial charge in [-0.3, -0.25) is 4.90 Å². The minimum absolute atomic E-state index is 0.309. The summed E-state index contributed by atoms with van der Waals surface area (Å²) in [5.41, 5.74) is 0. The highest BCUT2D eigenvalue weighted by molar-refractivity contribution is 4.93. The van der Waals surface area contributed by atoms with E-state index in [1.165, 1.54) is 25.7 Å². The molecule has 1 aliphatic heterocycles. The Labute approximate surface area is 92.8 Å². The van der Waals surface area contributed by atoms with E-state index in [4.69, 9.17) is 5.11 Å². The van der Waals surface area contributed by atoms with Crippen LogP contribution in [0.1, 0.15) is 32.6 Å². The van der Waals surface area contributed by atoms with Crippen molar-refractivity contribution >= 4 is 0 Å². The van der Waals surface area contributed by atoms with Gasteiger partial charge in [-0.1, -0.05) is 19.8 Å². The first kappa shape index (κ1) is 11.4. The van der Waals surface area contributed by atoms with Crippen molar-refractivity contribution in [3.05, 3.63) is 0 Å². The summed E-state index contributed by atoms with van der Waals surface area (Å²) >= 11 is 0. The fourth-order valence-corrected chi connectivity index (χ4v) is 2.98. The Balaban J connectivity index is 1.95. The number of aliphatic hydroxyl groups is 1. The summed E-state index contributed by atoms with van der Waals surface area (Å²) < 4.78 is 0. The fourth-order valence-electron chi connectivity index (χ4n) is 2.98. The van der Waals surface area contributed by atoms with Gasteiger partial charge < -0.3 is 10.4 Å². The normalized spacial score (nSPS) is 32.2. The van der Waals surface area contributed by atoms with Crippen molar-refractivity contribution in [1.82, 2.24) is 10.2 Å². The SMILES string of the molecule is CCC1CNCC1N(CCO)C1CCC1. The van der Waals surface area contributed by atoms with Gasteiger partial charge in [0.05, 0.1) is 6.61 Å². The molecule has 0 spiro atoms. The second-order valence-corrected chi connectivity index (χ2v) is 4.94. The number of nitrogens with one attached hydrogen (secondary N) is 1. The molecule has 3 nitrogen and oxygen atoms in total. The monoisotopic (exact) mass is 212 g/mol. The van der Waals surface area contributed by atoms with Gasteiger partial charge in [0, 0.05) is 25.2 Å². The molecule has 1 aliphatic carbocycles. The third kappa shape index (κ3) is 2.35. The van der Waals surface area contributed by atoms with Gasteiger partial charge in [-0.15, -0.1) is 0 Å². The molecule has 0 aromatic carbocycles. The second-order valence-electron chi connectivity index (χ2n) is 4.94. The molecule has 0 bridgehead atoms. The molecule has 2 atom stereocenters. The third-order valence-corrected chi connectivity index (χ3v) is 4.16. The summed E-state index contributed by atoms with van der Waals surface area (Å²) in [5.74, 6) is 0.789. The molecular weight excluding hydrogens is 188 g/mol. The zero-order valence-electron chi connectivity index (χ0n) is 9.78. The van der Waals surface area contributed by atoms with Crippen molar-refractivity contribution in [2.75, 3.05) is 26.2 Å². The molecule has 0 aromatic heterocycles. The predicted octanol–water partition coefficient (Wildman–Crippen LogP) is 0.831. The lowest BCUT2D eigenvalue weighted by atomic mass is 9.88. The van der Waals surface area contributed by atoms with E-state index >= 15 is 0 Å². The molecule has 2 rings (SSSR count). The molecule has 0 radical (unpaired) electrons. The Hall–Kier alpha value is -0.120. The molecular formula is C12H24N2O. The van der Waals surface area contributed by atoms with Crippen LogP contribution in [0, 0.1) is 5.92 Å². The topological polar surface area (TPSA) is 35.5 Å². The highest BCUT2D eigenvalue weighted by Crippen LogP contribution is 2.30. The number of nitrogens with zero attached hydrogens (tertiary/aromatic N) is 1. The average molecular weight is 212 g/mol. The van der Waals surface area contributed by atoms with Gasteiger partial charge in [-0.25, -0.2) is 0 Å². The number of hydrogen-bond acceptors (Lipinski definition) is 3. The quantitative estimate of drug-likeness (QED) is 0.708. The van der Waals surface area contributed by atoms with E-state index in [2.05, 4.69) is 17.1 Å². The fraction of sp³-hybridized carbons (Fsp3) is 1.00. The summed E-state index contributed by atoms with van der Waals surface area (Å²) in [6, 6.07) is 1.43. The molecule has 1 saturated carbocycles. The van der Waals surface area contributed by atoms with Crippen molar-refractivity contribution in [1.29, 1.82) is 0 Å². The Kier molecular flexibility index (Phi) is 4.00. The van der Waals surface area contributed by atoms with Crippen molar-refractivity contribution in [3.8, 4) is 0 Å². The van der Waals surface area contributed by atoms with Gasteiger partial charge in [0.2, 0.25) is 0 Å². The van der Waals surface area contributed by atoms with Gasteiger partial charge in [0.15, 0.2) is 0 Å². The Morgan fingerprint density at radius 3 is 2.67 bits per heavy atom. The zero-order chi connectivity index (χ0) is 10.7. The number of hydrogen-bond donors (Lipinski definition) is 2. The minimum atomic E-state index is 0.309. The molecule has 15 heavy (non-hydrogen) atoms. The number of rotatable bonds is 5. The van der Waals surface area contributed by atoms with E-state index in [9.17, 15) is 0 Å². The van der Waals surface area contributed by atoms with Gasteiger partial charge in [-0.05, 0) is 25.3 Å². The Bertz CT molecular complexity index is 194. The van der Waals surface area contributed by atoms with Crippen LogP contribution in [0.25, 0.3) is 0 Å². The van der Waals surface area contributed by atoms with Crippen molar-refractivity contribution in [2.24, 2.45) is 5.92 Å². The van der Waals surface area contributed by atoms with Gasteiger partial charge in [0.1, 0.15) is 0 Å². The van der Waals surface area contributed by atoms with Crippen molar-refractivity contribution in [3.63, 3.8) is 0 Å². The standard InChI is InChI=1S/C12H24N2O/c1-2-10-8-13-9-12(10)14(6-7-15)11-4-3-5-11/h10-13,15H,2-9H2,1H3. The predicted molar refractivity (Wildman–Crippen MR) is 61.9 cm³/mol. The summed E-state index contributed by atoms with van der Waals surface area (Å²) in [7, 11) is 0. The minimum Gasteiger partial charge on any atom is -0.395 e. The summed E-state index contributed by atoms with van der Waals surface area (Å²) in [5, 5.41) is 12.7. The summed E-state index contributed by atoms with van der Waals surface area (Å²) in [6.45, 7) is 5.74. The van der Waals surface area contributed by atoms with E-state index in [0.717, 1.165) is 31.6 Å². The van der Waals surface area contributed by atoms with Crippen LogP contribution in [0.2, 0.25) is 0 Å². The van der Waals surface area contributed by atoms with E-state index in [1.807, 2.05) is 0 Å². The molecule has 1 heterocycles. The maximum absolute atomic E-state index is 9.16. The molecule has 0 amide bonds. The van der Waals surface area contributed by atoms with Crippen LogP contribution in [0.15, 0.2) is 0 Å². The Morgan fingerprint density at radius 2 is 2.13 bits per heavy atom. The largest absolute Gasteiger partial charge is 0.395 e. The van der Waals surface area contributed by atoms with Crippen molar-refractivity contribution in [2.45, 2.75) is 44.7 Å². The maximum Gasteiger partial charge on any atom is 0.0558 e. The molecule has 3 heteroatoms. The average Bonchev–Trinajstić information content (AvgIpc) is 2.61. The summed E-state index contributed by atoms with van der Waals surface area (Å²) in [4.78, 5) is 2.57. The van der Waals surface area contributed by atoms with Crippen LogP contribution in [-0.2, 0) is 0 Å². The van der Waals surface area contributed by atoms with Crippen LogP contribution in [0.5, 0.6) is 0 Å². The molecule has 2 fully saturated rings. The smallest absolute Gasteiger partial charge is 0.0558 e. The molecule has 88 valence electrons. The van der Waals surface area contributed by atoms with Crippen molar-refractivity contribution < 1.29 is 5.11 Å². The lowest BCUT2D eigenvalue weighted by molar-refractivity contribution is 0.0492. The molecule has 1 saturated heterocycles. The van der Waals surface area contributed by atoms with E-state index in [0.29, 0.717) is 12.6 Å². The first-order valence-electron chi connectivity index (χ1n) is 6.44.